The van der Waals surface area contributed by atoms with Crippen molar-refractivity contribution in [2.75, 3.05) is 13.7 Å². The van der Waals surface area contributed by atoms with Gasteiger partial charge in [0.2, 0.25) is 0 Å². The summed E-state index contributed by atoms with van der Waals surface area (Å²) < 4.78 is 4.93. The van der Waals surface area contributed by atoms with E-state index in [0.29, 0.717) is 12.3 Å². The monoisotopic (exact) mass is 208 g/mol. The lowest BCUT2D eigenvalue weighted by Gasteiger charge is -2.12. The van der Waals surface area contributed by atoms with E-state index in [-0.39, 0.29) is 11.9 Å². The number of ether oxygens (including phenoxy) is 1. The predicted octanol–water partition coefficient (Wildman–Crippen LogP) is 1.15. The van der Waals surface area contributed by atoms with E-state index >= 15 is 0 Å². The van der Waals surface area contributed by atoms with Crippen molar-refractivity contribution in [1.82, 2.24) is 10.3 Å². The van der Waals surface area contributed by atoms with Gasteiger partial charge in [-0.15, -0.1) is 0 Å². The second-order valence-corrected chi connectivity index (χ2v) is 3.49. The van der Waals surface area contributed by atoms with E-state index in [4.69, 9.17) is 4.74 Å². The Labute approximate surface area is 89.7 Å². The number of methoxy groups -OCH3 is 1. The largest absolute Gasteiger partial charge is 0.383 e. The molecule has 0 aliphatic heterocycles. The van der Waals surface area contributed by atoms with Crippen LogP contribution in [0.25, 0.3) is 0 Å². The zero-order chi connectivity index (χ0) is 11.3. The van der Waals surface area contributed by atoms with Gasteiger partial charge in [0.25, 0.3) is 5.91 Å². The molecule has 0 spiro atoms. The molecule has 1 aromatic rings. The molecule has 1 amide bonds. The first-order chi connectivity index (χ1) is 7.13. The van der Waals surface area contributed by atoms with Crippen molar-refractivity contribution in [1.29, 1.82) is 0 Å². The van der Waals surface area contributed by atoms with Crippen LogP contribution in [0.5, 0.6) is 0 Å². The van der Waals surface area contributed by atoms with Gasteiger partial charge in [-0.3, -0.25) is 4.79 Å². The topological polar surface area (TPSA) is 51.2 Å². The van der Waals surface area contributed by atoms with Gasteiger partial charge in [-0.2, -0.15) is 0 Å². The summed E-state index contributed by atoms with van der Waals surface area (Å²) in [5, 5.41) is 2.80. The Morgan fingerprint density at radius 3 is 2.93 bits per heavy atom. The molecular weight excluding hydrogens is 192 g/mol. The Kier molecular flexibility index (Phi) is 4.24. The predicted molar refractivity (Wildman–Crippen MR) is 57.8 cm³/mol. The first-order valence-electron chi connectivity index (χ1n) is 4.87. The molecule has 4 nitrogen and oxygen atoms in total. The van der Waals surface area contributed by atoms with Crippen LogP contribution in [0.1, 0.15) is 23.1 Å². The molecule has 0 saturated heterocycles. The molecular formula is C11H16N2O2. The minimum absolute atomic E-state index is 0.00943. The molecule has 0 aromatic carbocycles. The number of carbonyl (C=O) groups is 1. The Morgan fingerprint density at radius 1 is 1.60 bits per heavy atom. The maximum absolute atomic E-state index is 11.7. The fraction of sp³-hybridized carbons (Fsp3) is 0.455. The minimum atomic E-state index is -0.164. The third kappa shape index (κ3) is 3.67. The summed E-state index contributed by atoms with van der Waals surface area (Å²) in [4.78, 5) is 15.8. The average Bonchev–Trinajstić information content (AvgIpc) is 2.18. The lowest BCUT2D eigenvalue weighted by Crippen LogP contribution is -2.36. The van der Waals surface area contributed by atoms with Crippen molar-refractivity contribution in [2.24, 2.45) is 0 Å². The van der Waals surface area contributed by atoms with Gasteiger partial charge in [0, 0.05) is 18.8 Å². The lowest BCUT2D eigenvalue weighted by molar-refractivity contribution is 0.0900. The van der Waals surface area contributed by atoms with Crippen LogP contribution >= 0.6 is 0 Å². The molecule has 1 heterocycles. The molecule has 1 atom stereocenters. The van der Waals surface area contributed by atoms with Crippen LogP contribution in [-0.4, -0.2) is 30.6 Å². The molecule has 0 radical (unpaired) electrons. The van der Waals surface area contributed by atoms with Gasteiger partial charge < -0.3 is 10.1 Å². The van der Waals surface area contributed by atoms with Gasteiger partial charge in [0.05, 0.1) is 6.61 Å². The molecule has 1 N–H and O–H groups in total. The van der Waals surface area contributed by atoms with Crippen molar-refractivity contribution in [3.8, 4) is 0 Å². The Bertz CT molecular complexity index is 339. The summed E-state index contributed by atoms with van der Waals surface area (Å²) in [5.74, 6) is -0.164. The first kappa shape index (κ1) is 11.7. The van der Waals surface area contributed by atoms with Crippen LogP contribution in [0.4, 0.5) is 0 Å². The SMILES string of the molecule is COCC(C)NC(=O)c1cccc(C)n1. The number of rotatable bonds is 4. The summed E-state index contributed by atoms with van der Waals surface area (Å²) in [6.07, 6.45) is 0. The molecule has 82 valence electrons. The number of aromatic nitrogens is 1. The summed E-state index contributed by atoms with van der Waals surface area (Å²) in [5.41, 5.74) is 1.28. The smallest absolute Gasteiger partial charge is 0.270 e. The van der Waals surface area contributed by atoms with Gasteiger partial charge in [-0.25, -0.2) is 4.98 Å². The highest BCUT2D eigenvalue weighted by Crippen LogP contribution is 1.98. The average molecular weight is 208 g/mol. The zero-order valence-corrected chi connectivity index (χ0v) is 9.28. The molecule has 0 aliphatic carbocycles. The minimum Gasteiger partial charge on any atom is -0.383 e. The quantitative estimate of drug-likeness (QED) is 0.807. The number of nitrogens with zero attached hydrogens (tertiary/aromatic N) is 1. The lowest BCUT2D eigenvalue weighted by atomic mass is 10.3. The summed E-state index contributed by atoms with van der Waals surface area (Å²) in [7, 11) is 1.60. The van der Waals surface area contributed by atoms with Crippen LogP contribution in [0, 0.1) is 6.92 Å². The van der Waals surface area contributed by atoms with E-state index < -0.39 is 0 Å². The van der Waals surface area contributed by atoms with E-state index in [0.717, 1.165) is 5.69 Å². The van der Waals surface area contributed by atoms with Crippen LogP contribution in [-0.2, 0) is 4.74 Å². The maximum atomic E-state index is 11.7. The molecule has 1 rings (SSSR count). The van der Waals surface area contributed by atoms with E-state index in [1.54, 1.807) is 13.2 Å². The molecule has 0 aliphatic rings. The van der Waals surface area contributed by atoms with Crippen molar-refractivity contribution < 1.29 is 9.53 Å². The fourth-order valence-electron chi connectivity index (χ4n) is 1.26. The van der Waals surface area contributed by atoms with E-state index in [1.807, 2.05) is 26.0 Å². The van der Waals surface area contributed by atoms with Gasteiger partial charge >= 0.3 is 0 Å². The fourth-order valence-corrected chi connectivity index (χ4v) is 1.26. The van der Waals surface area contributed by atoms with Crippen molar-refractivity contribution in [3.05, 3.63) is 29.6 Å². The Hall–Kier alpha value is -1.42. The number of hydrogen-bond acceptors (Lipinski definition) is 3. The summed E-state index contributed by atoms with van der Waals surface area (Å²) in [6, 6.07) is 5.36. The molecule has 0 saturated carbocycles. The second-order valence-electron chi connectivity index (χ2n) is 3.49. The summed E-state index contributed by atoms with van der Waals surface area (Å²) in [6.45, 7) is 4.24. The maximum Gasteiger partial charge on any atom is 0.270 e. The van der Waals surface area contributed by atoms with Crippen molar-refractivity contribution in [3.63, 3.8) is 0 Å². The Balaban J connectivity index is 2.61. The highest BCUT2D eigenvalue weighted by molar-refractivity contribution is 5.92. The Morgan fingerprint density at radius 2 is 2.33 bits per heavy atom. The van der Waals surface area contributed by atoms with Crippen molar-refractivity contribution in [2.45, 2.75) is 19.9 Å². The third-order valence-corrected chi connectivity index (χ3v) is 1.92. The van der Waals surface area contributed by atoms with Crippen molar-refractivity contribution >= 4 is 5.91 Å². The molecule has 0 fully saturated rings. The van der Waals surface area contributed by atoms with Crippen LogP contribution in [0.15, 0.2) is 18.2 Å². The number of amides is 1. The molecule has 1 aromatic heterocycles. The third-order valence-electron chi connectivity index (χ3n) is 1.92. The highest BCUT2D eigenvalue weighted by atomic mass is 16.5. The molecule has 0 bridgehead atoms. The number of carbonyl (C=O) groups excluding carboxylic acids is 1. The van der Waals surface area contributed by atoms with Gasteiger partial charge in [0.15, 0.2) is 0 Å². The number of nitrogens with one attached hydrogen (secondary N) is 1. The number of aryl methyl sites for hydroxylation is 1. The highest BCUT2D eigenvalue weighted by Gasteiger charge is 2.10. The van der Waals surface area contributed by atoms with Gasteiger partial charge in [-0.1, -0.05) is 6.07 Å². The zero-order valence-electron chi connectivity index (χ0n) is 9.28. The van der Waals surface area contributed by atoms with E-state index in [2.05, 4.69) is 10.3 Å². The van der Waals surface area contributed by atoms with E-state index in [1.165, 1.54) is 0 Å². The van der Waals surface area contributed by atoms with E-state index in [9.17, 15) is 4.79 Å². The van der Waals surface area contributed by atoms with Crippen LogP contribution in [0.3, 0.4) is 0 Å². The molecule has 15 heavy (non-hydrogen) atoms. The molecule has 1 unspecified atom stereocenters. The first-order valence-corrected chi connectivity index (χ1v) is 4.87. The standard InChI is InChI=1S/C11H16N2O2/c1-8-5-4-6-10(12-8)11(14)13-9(2)7-15-3/h4-6,9H,7H2,1-3H3,(H,13,14). The summed E-state index contributed by atoms with van der Waals surface area (Å²) >= 11 is 0. The van der Waals surface area contributed by atoms with Crippen LogP contribution in [0.2, 0.25) is 0 Å². The van der Waals surface area contributed by atoms with Gasteiger partial charge in [-0.05, 0) is 26.0 Å². The van der Waals surface area contributed by atoms with Crippen LogP contribution < -0.4 is 5.32 Å². The normalized spacial score (nSPS) is 12.2. The second kappa shape index (κ2) is 5.46. The number of pyridine rings is 1. The van der Waals surface area contributed by atoms with Gasteiger partial charge in [0.1, 0.15) is 5.69 Å². The number of hydrogen-bond donors (Lipinski definition) is 1. The molecule has 4 heteroatoms.